The molecule has 0 spiro atoms. The molecule has 8 heterocycles. The zero-order valence-electron chi connectivity index (χ0n) is 67.1. The number of aromatic hydroxyl groups is 1. The largest absolute Gasteiger partial charge is 0.505 e. The van der Waals surface area contributed by atoms with Crippen LogP contribution in [0, 0.1) is 0 Å². The van der Waals surface area contributed by atoms with E-state index in [4.69, 9.17) is 24.4 Å². The first-order chi connectivity index (χ1) is 52.5. The minimum absolute atomic E-state index is 0.00683. The number of nitrogens with one attached hydrogen (secondary N) is 4. The highest BCUT2D eigenvalue weighted by molar-refractivity contribution is 9.11. The molecule has 9 rings (SSSR count). The number of carboxylic acids is 1. The highest BCUT2D eigenvalue weighted by atomic mass is 79.9. The molecule has 0 bridgehead atoms. The summed E-state index contributed by atoms with van der Waals surface area (Å²) in [6, 6.07) is 10.8. The van der Waals surface area contributed by atoms with E-state index in [0.717, 1.165) is 47.2 Å². The Hall–Kier alpha value is -8.95. The number of esters is 2. The van der Waals surface area contributed by atoms with Crippen LogP contribution in [0.1, 0.15) is 163 Å². The van der Waals surface area contributed by atoms with Gasteiger partial charge >= 0.3 is 24.0 Å². The molecule has 1 aliphatic rings. The first-order valence-corrected chi connectivity index (χ1v) is 42.4. The number of hydrogen-bond acceptors (Lipinski definition) is 27. The SMILES string of the molecule is C1CCOC1.CC(=O)NC(C)(C)c1ncc(Br)cn1.CC(=O)NC(C)(C)c1ncc(O)cn1.CC(=O)NC(C)(C)c1ncc(OCc2ccccc2)cn1.CC(C)(C(=O)O)c1ncc(Br)cn1.CC(C)(NC(=O)OCC[Si](C)(C)C)c1ncc(Br)cn1.COC(=O)C(C)(C)c1ncc(Br)cn1.COC(=O)Cc1ncc(Br)cn1. The molecule has 1 fully saturated rings. The number of methoxy groups -OCH3 is 2. The summed E-state index contributed by atoms with van der Waals surface area (Å²) in [6.07, 6.45) is 24.2. The summed E-state index contributed by atoms with van der Waals surface area (Å²) in [5, 5.41) is 28.9. The Balaban J connectivity index is 0.000000446. The zero-order valence-corrected chi connectivity index (χ0v) is 76.0. The highest BCUT2D eigenvalue weighted by Gasteiger charge is 2.35. The van der Waals surface area contributed by atoms with Gasteiger partial charge in [-0.3, -0.25) is 28.8 Å². The van der Waals surface area contributed by atoms with Gasteiger partial charge in [0.1, 0.15) is 41.3 Å². The van der Waals surface area contributed by atoms with Crippen LogP contribution in [0.15, 0.2) is 139 Å². The van der Waals surface area contributed by atoms with Gasteiger partial charge in [-0.25, -0.2) is 74.6 Å². The molecule has 0 saturated carbocycles. The van der Waals surface area contributed by atoms with E-state index in [0.29, 0.717) is 59.7 Å². The molecule has 113 heavy (non-hydrogen) atoms. The van der Waals surface area contributed by atoms with Crippen molar-refractivity contribution in [3.8, 4) is 11.5 Å². The maximum Gasteiger partial charge on any atom is 0.407 e. The summed E-state index contributed by atoms with van der Waals surface area (Å²) in [5.41, 5.74) is -3.21. The molecule has 1 aliphatic heterocycles. The smallest absolute Gasteiger partial charge is 0.407 e. The number of carbonyl (C=O) groups excluding carboxylic acids is 6. The molecule has 4 amide bonds. The van der Waals surface area contributed by atoms with Crippen molar-refractivity contribution in [3.63, 3.8) is 0 Å². The number of aliphatic carboxylic acids is 1. The third kappa shape index (κ3) is 40.1. The molecular weight excluding hydrogens is 1800 g/mol. The maximum atomic E-state index is 11.8. The van der Waals surface area contributed by atoms with Crippen molar-refractivity contribution in [2.75, 3.05) is 34.0 Å². The van der Waals surface area contributed by atoms with Gasteiger partial charge in [0.05, 0.1) is 90.1 Å². The van der Waals surface area contributed by atoms with Gasteiger partial charge in [-0.2, -0.15) is 0 Å². The molecule has 0 aliphatic carbocycles. The van der Waals surface area contributed by atoms with Crippen molar-refractivity contribution in [2.24, 2.45) is 0 Å². The van der Waals surface area contributed by atoms with E-state index in [1.807, 2.05) is 71.9 Å². The van der Waals surface area contributed by atoms with Crippen LogP contribution < -0.4 is 26.0 Å². The minimum atomic E-state index is -1.19. The predicted molar refractivity (Wildman–Crippen MR) is 443 cm³/mol. The molecular formula is C75H101Br5N18O14Si. The van der Waals surface area contributed by atoms with E-state index >= 15 is 0 Å². The van der Waals surface area contributed by atoms with E-state index in [2.05, 4.69) is 200 Å². The molecule has 8 aromatic rings. The van der Waals surface area contributed by atoms with Gasteiger partial charge in [-0.05, 0) is 187 Å². The van der Waals surface area contributed by atoms with Crippen LogP contribution in [0.3, 0.4) is 0 Å². The third-order valence-electron chi connectivity index (χ3n) is 14.6. The lowest BCUT2D eigenvalue weighted by Crippen LogP contribution is -2.43. The number of alkyl carbamates (subject to hydrolysis) is 1. The van der Waals surface area contributed by atoms with Crippen LogP contribution in [-0.2, 0) is 93.7 Å². The molecule has 0 radical (unpaired) electrons. The number of ether oxygens (including phenoxy) is 5. The van der Waals surface area contributed by atoms with Crippen LogP contribution in [0.25, 0.3) is 0 Å². The molecule has 32 nitrogen and oxygen atoms in total. The second-order valence-electron chi connectivity index (χ2n) is 28.7. The van der Waals surface area contributed by atoms with Crippen molar-refractivity contribution in [3.05, 3.63) is 186 Å². The average molecular weight is 1910 g/mol. The van der Waals surface area contributed by atoms with Crippen molar-refractivity contribution < 1.29 is 67.5 Å². The van der Waals surface area contributed by atoms with E-state index in [9.17, 15) is 33.6 Å². The molecule has 0 atom stereocenters. The van der Waals surface area contributed by atoms with E-state index in [1.54, 1.807) is 104 Å². The first-order valence-electron chi connectivity index (χ1n) is 34.7. The van der Waals surface area contributed by atoms with E-state index in [-0.39, 0.29) is 41.8 Å². The van der Waals surface area contributed by atoms with Gasteiger partial charge in [0.25, 0.3) is 0 Å². The van der Waals surface area contributed by atoms with Crippen LogP contribution in [0.2, 0.25) is 25.7 Å². The maximum absolute atomic E-state index is 11.8. The Morgan fingerprint density at radius 2 is 0.788 bits per heavy atom. The Labute approximate surface area is 702 Å². The first kappa shape index (κ1) is 100. The van der Waals surface area contributed by atoms with Crippen LogP contribution in [0.4, 0.5) is 4.79 Å². The molecule has 1 aromatic carbocycles. The normalized spacial score (nSPS) is 11.7. The lowest BCUT2D eigenvalue weighted by atomic mass is 9.93. The number of nitrogens with zero attached hydrogens (tertiary/aromatic N) is 14. The lowest BCUT2D eigenvalue weighted by Gasteiger charge is -2.24. The predicted octanol–water partition coefficient (Wildman–Crippen LogP) is 13.2. The van der Waals surface area contributed by atoms with Crippen LogP contribution in [0.5, 0.6) is 11.5 Å². The fraction of sp³-hybridized carbons (Fsp3) is 0.453. The van der Waals surface area contributed by atoms with Gasteiger partial charge in [0, 0.05) is 104 Å². The summed E-state index contributed by atoms with van der Waals surface area (Å²) < 4.78 is 28.8. The Bertz CT molecular complexity index is 4160. The fourth-order valence-electron chi connectivity index (χ4n) is 8.51. The van der Waals surface area contributed by atoms with Crippen molar-refractivity contribution >= 4 is 129 Å². The average Bonchev–Trinajstić information content (AvgIpc) is 1.39. The number of carboxylic acid groups (broad SMARTS) is 1. The van der Waals surface area contributed by atoms with Crippen molar-refractivity contribution in [1.29, 1.82) is 0 Å². The summed E-state index contributed by atoms with van der Waals surface area (Å²) >= 11 is 16.1. The standard InChI is InChI=1S/C16H19N3O2.C13H22BrN3O2Si.C9H12BrN3O.C9H11BrN2O2.C9H13N3O2.C8H9BrN2O2.C7H7BrN2O2.C4H8O/c1-12(20)19-16(2,3)15-17-9-14(10-18-15)21-11-13-7-5-4-6-8-13;1-13(2,11-15-8-10(14)9-16-11)17-12(18)19-6-7-20(3,4)5;1-6(14)13-9(2,3)8-11-4-7(10)5-12-8;1-9(2,8(13)14-3)7-11-4-6(10)5-12-7;1-6(13)12-9(2,3)8-10-4-7(14)5-11-8;1-8(2,7(12)13)6-10-3-5(9)4-11-6;1-12-7(11)2-6-9-3-5(8)4-10-6;1-2-4-5-3-1/h4-10H,11H2,1-3H3,(H,19,20);8-9H,6-7H2,1-5H3,(H,17,18);4-5H,1-3H3,(H,13,14);4-5H,1-3H3;4-5,14H,1-3H3,(H,12,13);3-4H,1-2H3,(H,12,13);3-4H,2H2,1H3;1-4H2. The third-order valence-corrected chi connectivity index (χ3v) is 18.3. The topological polar surface area (TPSA) is 435 Å². The molecule has 614 valence electrons. The van der Waals surface area contributed by atoms with Crippen molar-refractivity contribution in [2.45, 2.75) is 188 Å². The second-order valence-corrected chi connectivity index (χ2v) is 38.9. The Kier molecular flexibility index (Phi) is 42.8. The van der Waals surface area contributed by atoms with Gasteiger partial charge in [-0.15, -0.1) is 0 Å². The number of aromatic nitrogens is 14. The van der Waals surface area contributed by atoms with Crippen LogP contribution in [-0.4, -0.2) is 164 Å². The van der Waals surface area contributed by atoms with Gasteiger partial charge in [0.15, 0.2) is 34.8 Å². The quantitative estimate of drug-likeness (QED) is 0.0234. The number of carbonyl (C=O) groups is 7. The summed E-state index contributed by atoms with van der Waals surface area (Å²) in [5.74, 6) is 2.00. The van der Waals surface area contributed by atoms with Crippen LogP contribution >= 0.6 is 79.6 Å². The lowest BCUT2D eigenvalue weighted by molar-refractivity contribution is -0.146. The number of rotatable bonds is 20. The number of hydrogen-bond donors (Lipinski definition) is 6. The summed E-state index contributed by atoms with van der Waals surface area (Å²) in [6.45, 7) is 35.3. The van der Waals surface area contributed by atoms with Gasteiger partial charge in [0.2, 0.25) is 17.7 Å². The molecule has 38 heteroatoms. The van der Waals surface area contributed by atoms with Gasteiger partial charge < -0.3 is 55.2 Å². The van der Waals surface area contributed by atoms with Gasteiger partial charge in [-0.1, -0.05) is 50.0 Å². The van der Waals surface area contributed by atoms with E-state index < -0.39 is 53.1 Å². The van der Waals surface area contributed by atoms with Crippen molar-refractivity contribution in [1.82, 2.24) is 91.0 Å². The number of benzene rings is 1. The Morgan fingerprint density at radius 3 is 1.11 bits per heavy atom. The molecule has 6 N–H and O–H groups in total. The summed E-state index contributed by atoms with van der Waals surface area (Å²) in [4.78, 5) is 135. The number of amides is 4. The molecule has 1 saturated heterocycles. The molecule has 0 unspecified atom stereocenters. The monoisotopic (exact) mass is 1900 g/mol. The zero-order chi connectivity index (χ0) is 85.6. The summed E-state index contributed by atoms with van der Waals surface area (Å²) in [7, 11) is 1.50. The molecule has 7 aromatic heterocycles. The highest BCUT2D eigenvalue weighted by Crippen LogP contribution is 2.25. The fourth-order valence-corrected chi connectivity index (χ4v) is 10.2. The second kappa shape index (κ2) is 48.3. The minimum Gasteiger partial charge on any atom is -0.505 e. The Morgan fingerprint density at radius 1 is 0.460 bits per heavy atom. The number of halogens is 5. The van der Waals surface area contributed by atoms with E-state index in [1.165, 1.54) is 72.6 Å².